The van der Waals surface area contributed by atoms with E-state index >= 15 is 0 Å². The molecule has 0 bridgehead atoms. The summed E-state index contributed by atoms with van der Waals surface area (Å²) >= 11 is 11.8. The molecule has 2 aromatic carbocycles. The van der Waals surface area contributed by atoms with Gasteiger partial charge in [0.05, 0.1) is 5.69 Å². The number of halogens is 2. The summed E-state index contributed by atoms with van der Waals surface area (Å²) in [6, 6.07) is 9.59. The highest BCUT2D eigenvalue weighted by Crippen LogP contribution is 2.32. The van der Waals surface area contributed by atoms with Gasteiger partial charge in [-0.15, -0.1) is 0 Å². The molecule has 118 valence electrons. The van der Waals surface area contributed by atoms with Crippen LogP contribution < -0.4 is 15.4 Å². The topological polar surface area (TPSA) is 67.4 Å². The van der Waals surface area contributed by atoms with Crippen LogP contribution in [-0.2, 0) is 4.79 Å². The summed E-state index contributed by atoms with van der Waals surface area (Å²) in [4.78, 5) is 23.9. The van der Waals surface area contributed by atoms with Gasteiger partial charge in [-0.2, -0.15) is 0 Å². The normalized spacial score (nSPS) is 16.1. The highest BCUT2D eigenvalue weighted by molar-refractivity contribution is 6.35. The second-order valence-electron chi connectivity index (χ2n) is 5.07. The Morgan fingerprint density at radius 2 is 1.87 bits per heavy atom. The van der Waals surface area contributed by atoms with Gasteiger partial charge in [-0.3, -0.25) is 9.59 Å². The Morgan fingerprint density at radius 1 is 1.17 bits per heavy atom. The van der Waals surface area contributed by atoms with Crippen molar-refractivity contribution in [2.75, 3.05) is 10.6 Å². The van der Waals surface area contributed by atoms with Crippen LogP contribution >= 0.6 is 23.2 Å². The predicted octanol–water partition coefficient (Wildman–Crippen LogP) is 3.97. The summed E-state index contributed by atoms with van der Waals surface area (Å²) in [5, 5.41) is 6.20. The van der Waals surface area contributed by atoms with Crippen molar-refractivity contribution in [1.82, 2.24) is 0 Å². The van der Waals surface area contributed by atoms with Crippen molar-refractivity contribution >= 4 is 46.4 Å². The molecule has 0 aliphatic carbocycles. The first-order chi connectivity index (χ1) is 10.9. The van der Waals surface area contributed by atoms with E-state index in [1.165, 1.54) is 12.1 Å². The van der Waals surface area contributed by atoms with Gasteiger partial charge in [0.2, 0.25) is 0 Å². The van der Waals surface area contributed by atoms with E-state index in [4.69, 9.17) is 27.9 Å². The third kappa shape index (κ3) is 3.41. The molecule has 0 saturated carbocycles. The highest BCUT2D eigenvalue weighted by atomic mass is 35.5. The number of rotatable bonds is 2. The number of fused-ring (bicyclic) bond motifs is 1. The molecular weight excluding hydrogens is 339 g/mol. The third-order valence-corrected chi connectivity index (χ3v) is 3.73. The number of carbonyl (C=O) groups excluding carboxylic acids is 2. The van der Waals surface area contributed by atoms with Crippen molar-refractivity contribution in [1.29, 1.82) is 0 Å². The Hall–Kier alpha value is -2.24. The van der Waals surface area contributed by atoms with Crippen molar-refractivity contribution in [3.8, 4) is 5.75 Å². The number of hydrogen-bond donors (Lipinski definition) is 2. The monoisotopic (exact) mass is 350 g/mol. The van der Waals surface area contributed by atoms with Gasteiger partial charge in [0, 0.05) is 21.3 Å². The van der Waals surface area contributed by atoms with Crippen LogP contribution in [0.25, 0.3) is 0 Å². The van der Waals surface area contributed by atoms with Gasteiger partial charge in [0.15, 0.2) is 6.10 Å². The molecule has 1 aliphatic rings. The maximum absolute atomic E-state index is 12.3. The van der Waals surface area contributed by atoms with E-state index in [9.17, 15) is 9.59 Å². The molecule has 2 aromatic rings. The minimum atomic E-state index is -0.545. The fraction of sp³-hybridized carbons (Fsp3) is 0.125. The third-order valence-electron chi connectivity index (χ3n) is 3.29. The van der Waals surface area contributed by atoms with Crippen LogP contribution in [0.2, 0.25) is 10.0 Å². The summed E-state index contributed by atoms with van der Waals surface area (Å²) in [5.74, 6) is -0.0331. The molecule has 5 nitrogen and oxygen atoms in total. The molecule has 0 aromatic heterocycles. The molecule has 1 heterocycles. The average molecular weight is 351 g/mol. The van der Waals surface area contributed by atoms with Crippen molar-refractivity contribution in [3.05, 3.63) is 52.0 Å². The summed E-state index contributed by atoms with van der Waals surface area (Å²) in [6.45, 7) is 1.66. The van der Waals surface area contributed by atoms with Gasteiger partial charge in [-0.05, 0) is 43.3 Å². The number of benzene rings is 2. The van der Waals surface area contributed by atoms with Gasteiger partial charge in [0.25, 0.3) is 11.8 Å². The Labute approximate surface area is 142 Å². The van der Waals surface area contributed by atoms with E-state index < -0.39 is 6.10 Å². The Morgan fingerprint density at radius 3 is 2.57 bits per heavy atom. The molecular formula is C16H12Cl2N2O3. The van der Waals surface area contributed by atoms with Crippen molar-refractivity contribution < 1.29 is 14.3 Å². The van der Waals surface area contributed by atoms with Gasteiger partial charge in [-0.25, -0.2) is 0 Å². The van der Waals surface area contributed by atoms with Crippen LogP contribution in [0.5, 0.6) is 5.75 Å². The predicted molar refractivity (Wildman–Crippen MR) is 89.6 cm³/mol. The number of ether oxygens (including phenoxy) is 1. The maximum Gasteiger partial charge on any atom is 0.265 e. The molecule has 23 heavy (non-hydrogen) atoms. The van der Waals surface area contributed by atoms with Gasteiger partial charge < -0.3 is 15.4 Å². The minimum absolute atomic E-state index is 0.234. The molecule has 1 aliphatic heterocycles. The SMILES string of the molecule is CC1Oc2ccc(NC(=O)c3cc(Cl)cc(Cl)c3)cc2NC1=O. The van der Waals surface area contributed by atoms with E-state index in [2.05, 4.69) is 10.6 Å². The molecule has 2 N–H and O–H groups in total. The molecule has 7 heteroatoms. The molecule has 0 saturated heterocycles. The second-order valence-corrected chi connectivity index (χ2v) is 5.95. The van der Waals surface area contributed by atoms with E-state index in [0.29, 0.717) is 32.7 Å². The summed E-state index contributed by atoms with van der Waals surface area (Å²) in [6.07, 6.45) is -0.545. The largest absolute Gasteiger partial charge is 0.479 e. The molecule has 2 amide bonds. The quantitative estimate of drug-likeness (QED) is 0.861. The van der Waals surface area contributed by atoms with E-state index in [0.717, 1.165) is 0 Å². The number of amides is 2. The lowest BCUT2D eigenvalue weighted by Gasteiger charge is -2.23. The van der Waals surface area contributed by atoms with E-state index in [1.807, 2.05) is 0 Å². The first-order valence-electron chi connectivity index (χ1n) is 6.81. The Kier molecular flexibility index (Phi) is 4.15. The van der Waals surface area contributed by atoms with Crippen LogP contribution in [-0.4, -0.2) is 17.9 Å². The van der Waals surface area contributed by atoms with Crippen LogP contribution in [0.15, 0.2) is 36.4 Å². The van der Waals surface area contributed by atoms with Crippen LogP contribution in [0, 0.1) is 0 Å². The number of hydrogen-bond acceptors (Lipinski definition) is 3. The first-order valence-corrected chi connectivity index (χ1v) is 7.57. The average Bonchev–Trinajstić information content (AvgIpc) is 2.47. The number of anilines is 2. The van der Waals surface area contributed by atoms with Crippen LogP contribution in [0.1, 0.15) is 17.3 Å². The lowest BCUT2D eigenvalue weighted by atomic mass is 10.2. The lowest BCUT2D eigenvalue weighted by molar-refractivity contribution is -0.122. The molecule has 0 spiro atoms. The molecule has 0 radical (unpaired) electrons. The lowest BCUT2D eigenvalue weighted by Crippen LogP contribution is -2.34. The number of carbonyl (C=O) groups is 2. The highest BCUT2D eigenvalue weighted by Gasteiger charge is 2.23. The van der Waals surface area contributed by atoms with Gasteiger partial charge >= 0.3 is 0 Å². The fourth-order valence-corrected chi connectivity index (χ4v) is 2.70. The van der Waals surface area contributed by atoms with Crippen LogP contribution in [0.4, 0.5) is 11.4 Å². The van der Waals surface area contributed by atoms with Crippen molar-refractivity contribution in [3.63, 3.8) is 0 Å². The van der Waals surface area contributed by atoms with Crippen LogP contribution in [0.3, 0.4) is 0 Å². The molecule has 0 fully saturated rings. The summed E-state index contributed by atoms with van der Waals surface area (Å²) in [7, 11) is 0. The number of nitrogens with one attached hydrogen (secondary N) is 2. The van der Waals surface area contributed by atoms with Crippen molar-refractivity contribution in [2.45, 2.75) is 13.0 Å². The minimum Gasteiger partial charge on any atom is -0.479 e. The van der Waals surface area contributed by atoms with Gasteiger partial charge in [-0.1, -0.05) is 23.2 Å². The zero-order valence-corrected chi connectivity index (χ0v) is 13.5. The molecule has 3 rings (SSSR count). The molecule has 1 atom stereocenters. The standard InChI is InChI=1S/C16H12Cl2N2O3/c1-8-15(21)20-13-7-12(2-3-14(13)23-8)19-16(22)9-4-10(17)6-11(18)5-9/h2-8H,1H3,(H,19,22)(H,20,21). The van der Waals surface area contributed by atoms with E-state index in [-0.39, 0.29) is 11.8 Å². The zero-order valence-electron chi connectivity index (χ0n) is 12.0. The van der Waals surface area contributed by atoms with E-state index in [1.54, 1.807) is 31.2 Å². The summed E-state index contributed by atoms with van der Waals surface area (Å²) < 4.78 is 5.46. The summed E-state index contributed by atoms with van der Waals surface area (Å²) in [5.41, 5.74) is 1.37. The Bertz CT molecular complexity index is 788. The zero-order chi connectivity index (χ0) is 16.6. The van der Waals surface area contributed by atoms with Gasteiger partial charge in [0.1, 0.15) is 5.75 Å². The second kappa shape index (κ2) is 6.10. The Balaban J connectivity index is 1.82. The fourth-order valence-electron chi connectivity index (χ4n) is 2.17. The first kappa shape index (κ1) is 15.6. The molecule has 1 unspecified atom stereocenters. The smallest absolute Gasteiger partial charge is 0.265 e. The maximum atomic E-state index is 12.3. The van der Waals surface area contributed by atoms with Crippen molar-refractivity contribution in [2.24, 2.45) is 0 Å².